The van der Waals surface area contributed by atoms with Crippen LogP contribution < -0.4 is 10.6 Å². The summed E-state index contributed by atoms with van der Waals surface area (Å²) in [7, 11) is 0. The summed E-state index contributed by atoms with van der Waals surface area (Å²) in [6.07, 6.45) is 5.52. The van der Waals surface area contributed by atoms with Crippen LogP contribution in [0.3, 0.4) is 0 Å². The van der Waals surface area contributed by atoms with Crippen LogP contribution in [0.25, 0.3) is 0 Å². The van der Waals surface area contributed by atoms with E-state index in [4.69, 9.17) is 0 Å². The van der Waals surface area contributed by atoms with Gasteiger partial charge in [-0.3, -0.25) is 4.79 Å². The number of carbonyl (C=O) groups excluding carboxylic acids is 1. The molecule has 3 heterocycles. The van der Waals surface area contributed by atoms with Crippen LogP contribution in [0.5, 0.6) is 0 Å². The molecule has 2 fully saturated rings. The fraction of sp³-hybridized carbons (Fsp3) is 0.714. The molecule has 2 unspecified atom stereocenters. The van der Waals surface area contributed by atoms with Gasteiger partial charge in [0.2, 0.25) is 5.91 Å². The lowest BCUT2D eigenvalue weighted by Gasteiger charge is -2.28. The zero-order valence-corrected chi connectivity index (χ0v) is 12.3. The van der Waals surface area contributed by atoms with Gasteiger partial charge in [-0.15, -0.1) is 11.3 Å². The molecule has 0 saturated carbocycles. The van der Waals surface area contributed by atoms with Crippen molar-refractivity contribution < 1.29 is 4.79 Å². The number of fused-ring (bicyclic) bond motifs is 2. The predicted octanol–water partition coefficient (Wildman–Crippen LogP) is 2.62. The minimum atomic E-state index is 0.125. The Bertz CT molecular complexity index is 454. The third-order valence-electron chi connectivity index (χ3n) is 4.32. The quantitative estimate of drug-likeness (QED) is 0.894. The van der Waals surface area contributed by atoms with E-state index >= 15 is 0 Å². The summed E-state index contributed by atoms with van der Waals surface area (Å²) >= 11 is 1.56. The second-order valence-corrected chi connectivity index (χ2v) is 7.09. The molecule has 104 valence electrons. The largest absolute Gasteiger partial charge is 0.311 e. The second-order valence-electron chi connectivity index (χ2n) is 5.89. The highest BCUT2D eigenvalue weighted by atomic mass is 32.1. The van der Waals surface area contributed by atoms with Crippen molar-refractivity contribution in [2.24, 2.45) is 5.92 Å². The van der Waals surface area contributed by atoms with E-state index in [0.29, 0.717) is 24.4 Å². The minimum absolute atomic E-state index is 0.125. The van der Waals surface area contributed by atoms with Gasteiger partial charge in [-0.2, -0.15) is 0 Å². The van der Waals surface area contributed by atoms with E-state index in [1.54, 1.807) is 11.3 Å². The molecular weight excluding hydrogens is 258 g/mol. The van der Waals surface area contributed by atoms with Crippen molar-refractivity contribution in [2.45, 2.75) is 58.0 Å². The molecule has 2 bridgehead atoms. The summed E-state index contributed by atoms with van der Waals surface area (Å²) in [6, 6.07) is 1.31. The summed E-state index contributed by atoms with van der Waals surface area (Å²) in [4.78, 5) is 17.6. The van der Waals surface area contributed by atoms with Crippen molar-refractivity contribution in [1.82, 2.24) is 10.3 Å². The third-order valence-corrected chi connectivity index (χ3v) is 5.31. The molecule has 2 aliphatic heterocycles. The number of rotatable bonds is 3. The van der Waals surface area contributed by atoms with E-state index in [2.05, 4.69) is 15.6 Å². The van der Waals surface area contributed by atoms with Crippen LogP contribution in [0.1, 0.15) is 42.7 Å². The normalized spacial score (nSPS) is 29.5. The first-order valence-electron chi connectivity index (χ1n) is 7.10. The minimum Gasteiger partial charge on any atom is -0.311 e. The number of amides is 1. The Hall–Kier alpha value is -0.940. The average molecular weight is 279 g/mol. The molecule has 0 spiro atoms. The van der Waals surface area contributed by atoms with E-state index < -0.39 is 0 Å². The Kier molecular flexibility index (Phi) is 3.58. The van der Waals surface area contributed by atoms with Gasteiger partial charge in [-0.25, -0.2) is 4.98 Å². The smallest absolute Gasteiger partial charge is 0.226 e. The topological polar surface area (TPSA) is 54.0 Å². The lowest BCUT2D eigenvalue weighted by atomic mass is 9.89. The number of hydrogen-bond donors (Lipinski definition) is 2. The van der Waals surface area contributed by atoms with Crippen LogP contribution in [0.4, 0.5) is 5.13 Å². The monoisotopic (exact) mass is 279 g/mol. The maximum absolute atomic E-state index is 12.1. The number of aromatic nitrogens is 1. The Morgan fingerprint density at radius 3 is 2.63 bits per heavy atom. The molecule has 0 aliphatic carbocycles. The molecule has 1 aromatic rings. The first-order valence-corrected chi connectivity index (χ1v) is 7.91. The lowest BCUT2D eigenvalue weighted by Crippen LogP contribution is -2.39. The first kappa shape index (κ1) is 13.1. The fourth-order valence-corrected chi connectivity index (χ4v) is 4.13. The third kappa shape index (κ3) is 2.98. The number of thiazole rings is 1. The van der Waals surface area contributed by atoms with Crippen LogP contribution in [0.2, 0.25) is 0 Å². The van der Waals surface area contributed by atoms with Gasteiger partial charge >= 0.3 is 0 Å². The molecule has 0 radical (unpaired) electrons. The van der Waals surface area contributed by atoms with Crippen molar-refractivity contribution in [3.8, 4) is 0 Å². The van der Waals surface area contributed by atoms with Gasteiger partial charge in [0, 0.05) is 23.4 Å². The number of carbonyl (C=O) groups is 1. The van der Waals surface area contributed by atoms with Gasteiger partial charge in [-0.05, 0) is 45.4 Å². The van der Waals surface area contributed by atoms with Gasteiger partial charge in [0.1, 0.15) is 0 Å². The number of hydrogen-bond acceptors (Lipinski definition) is 4. The van der Waals surface area contributed by atoms with Crippen molar-refractivity contribution in [2.75, 3.05) is 5.32 Å². The molecule has 1 amide bonds. The molecule has 5 heteroatoms. The summed E-state index contributed by atoms with van der Waals surface area (Å²) in [5.74, 6) is 0.668. The Morgan fingerprint density at radius 2 is 2.05 bits per heavy atom. The van der Waals surface area contributed by atoms with Crippen molar-refractivity contribution in [3.05, 3.63) is 10.6 Å². The standard InChI is InChI=1S/C14H21N3OS/c1-8-9(2)19-14(15-8)17-13(18)7-10-5-11-3-4-12(6-10)16-11/h10-12,16H,3-7H2,1-2H3,(H,15,17,18). The SMILES string of the molecule is Cc1nc(NC(=O)CC2CC3CCC(C2)N3)sc1C. The first-order chi connectivity index (χ1) is 9.10. The van der Waals surface area contributed by atoms with Gasteiger partial charge in [0.05, 0.1) is 5.69 Å². The van der Waals surface area contributed by atoms with Crippen LogP contribution >= 0.6 is 11.3 Å². The molecule has 2 saturated heterocycles. The van der Waals surface area contributed by atoms with Gasteiger partial charge in [-0.1, -0.05) is 0 Å². The van der Waals surface area contributed by atoms with E-state index in [-0.39, 0.29) is 5.91 Å². The van der Waals surface area contributed by atoms with Crippen molar-refractivity contribution in [1.29, 1.82) is 0 Å². The fourth-order valence-electron chi connectivity index (χ4n) is 3.30. The number of aryl methyl sites for hydroxylation is 2. The summed E-state index contributed by atoms with van der Waals surface area (Å²) in [6.45, 7) is 4.01. The lowest BCUT2D eigenvalue weighted by molar-refractivity contribution is -0.117. The molecule has 0 aromatic carbocycles. The average Bonchev–Trinajstić information content (AvgIpc) is 2.82. The number of nitrogens with zero attached hydrogens (tertiary/aromatic N) is 1. The number of anilines is 1. The molecule has 19 heavy (non-hydrogen) atoms. The maximum atomic E-state index is 12.1. The Labute approximate surface area is 118 Å². The molecule has 4 nitrogen and oxygen atoms in total. The zero-order chi connectivity index (χ0) is 13.4. The van der Waals surface area contributed by atoms with E-state index in [1.807, 2.05) is 13.8 Å². The Morgan fingerprint density at radius 1 is 1.37 bits per heavy atom. The number of nitrogens with one attached hydrogen (secondary N) is 2. The summed E-state index contributed by atoms with van der Waals surface area (Å²) in [5.41, 5.74) is 1.01. The zero-order valence-electron chi connectivity index (χ0n) is 11.5. The van der Waals surface area contributed by atoms with Gasteiger partial charge < -0.3 is 10.6 Å². The van der Waals surface area contributed by atoms with Gasteiger partial charge in [0.25, 0.3) is 0 Å². The maximum Gasteiger partial charge on any atom is 0.226 e. The van der Waals surface area contributed by atoms with Crippen LogP contribution in [-0.2, 0) is 4.79 Å². The van der Waals surface area contributed by atoms with Crippen LogP contribution in [0.15, 0.2) is 0 Å². The van der Waals surface area contributed by atoms with E-state index in [9.17, 15) is 4.79 Å². The highest BCUT2D eigenvalue weighted by Crippen LogP contribution is 2.33. The van der Waals surface area contributed by atoms with E-state index in [0.717, 1.165) is 23.7 Å². The van der Waals surface area contributed by atoms with Crippen LogP contribution in [0, 0.1) is 19.8 Å². The molecule has 2 N–H and O–H groups in total. The predicted molar refractivity (Wildman–Crippen MR) is 77.5 cm³/mol. The summed E-state index contributed by atoms with van der Waals surface area (Å²) in [5, 5.41) is 7.31. The Balaban J connectivity index is 1.54. The second kappa shape index (κ2) is 5.21. The van der Waals surface area contributed by atoms with Crippen molar-refractivity contribution >= 4 is 22.4 Å². The summed E-state index contributed by atoms with van der Waals surface area (Å²) < 4.78 is 0. The van der Waals surface area contributed by atoms with E-state index in [1.165, 1.54) is 17.7 Å². The van der Waals surface area contributed by atoms with Gasteiger partial charge in [0.15, 0.2) is 5.13 Å². The van der Waals surface area contributed by atoms with Crippen molar-refractivity contribution in [3.63, 3.8) is 0 Å². The number of piperidine rings is 1. The highest BCUT2D eigenvalue weighted by molar-refractivity contribution is 7.15. The molecule has 3 rings (SSSR count). The molecule has 2 aliphatic rings. The molecular formula is C14H21N3OS. The molecule has 1 aromatic heterocycles. The van der Waals surface area contributed by atoms with Crippen LogP contribution in [-0.4, -0.2) is 23.0 Å². The molecule has 2 atom stereocenters. The highest BCUT2D eigenvalue weighted by Gasteiger charge is 2.34.